The van der Waals surface area contributed by atoms with Crippen LogP contribution in [0.4, 0.5) is 4.39 Å². The monoisotopic (exact) mass is 263 g/mol. The Kier molecular flexibility index (Phi) is 2.93. The molecule has 3 heterocycles. The van der Waals surface area contributed by atoms with Gasteiger partial charge in [-0.05, 0) is 19.9 Å². The van der Waals surface area contributed by atoms with Crippen molar-refractivity contribution in [1.29, 1.82) is 0 Å². The van der Waals surface area contributed by atoms with E-state index in [4.69, 9.17) is 4.74 Å². The summed E-state index contributed by atoms with van der Waals surface area (Å²) in [6.07, 6.45) is 1.64. The Bertz CT molecular complexity index is 621. The summed E-state index contributed by atoms with van der Waals surface area (Å²) < 4.78 is 21.6. The highest BCUT2D eigenvalue weighted by Gasteiger charge is 2.25. The summed E-state index contributed by atoms with van der Waals surface area (Å²) in [7, 11) is 1.57. The third-order valence-electron chi connectivity index (χ3n) is 3.84. The zero-order valence-electron chi connectivity index (χ0n) is 11.5. The van der Waals surface area contributed by atoms with Gasteiger partial charge in [0.2, 0.25) is 0 Å². The number of hydrogen-bond acceptors (Lipinski definition) is 3. The minimum atomic E-state index is -0.160. The quantitative estimate of drug-likeness (QED) is 0.833. The third-order valence-corrected chi connectivity index (χ3v) is 3.84. The SMILES string of the molecule is COc1cnc2c(c1)c(F)c1n2CCN(C(C)C)C1. The summed E-state index contributed by atoms with van der Waals surface area (Å²) in [5, 5.41) is 0.556. The van der Waals surface area contributed by atoms with Crippen molar-refractivity contribution in [3.05, 3.63) is 23.8 Å². The largest absolute Gasteiger partial charge is 0.495 e. The van der Waals surface area contributed by atoms with Crippen LogP contribution in [0.2, 0.25) is 0 Å². The molecule has 1 aliphatic heterocycles. The molecule has 1 aliphatic rings. The van der Waals surface area contributed by atoms with Crippen molar-refractivity contribution in [2.75, 3.05) is 13.7 Å². The lowest BCUT2D eigenvalue weighted by molar-refractivity contribution is 0.175. The van der Waals surface area contributed by atoms with Gasteiger partial charge in [0.15, 0.2) is 5.82 Å². The first-order chi connectivity index (χ1) is 9.11. The number of nitrogens with zero attached hydrogens (tertiary/aromatic N) is 3. The van der Waals surface area contributed by atoms with Gasteiger partial charge >= 0.3 is 0 Å². The molecule has 0 saturated heterocycles. The van der Waals surface area contributed by atoms with Crippen LogP contribution in [-0.4, -0.2) is 34.1 Å². The van der Waals surface area contributed by atoms with E-state index in [1.165, 1.54) is 0 Å². The standard InChI is InChI=1S/C14H18FN3O/c1-9(2)17-4-5-18-12(8-17)13(15)11-6-10(19-3)7-16-14(11)18/h6-7,9H,4-5,8H2,1-3H3. The minimum Gasteiger partial charge on any atom is -0.495 e. The van der Waals surface area contributed by atoms with E-state index in [2.05, 4.69) is 23.7 Å². The van der Waals surface area contributed by atoms with Crippen LogP contribution >= 0.6 is 0 Å². The second-order valence-corrected chi connectivity index (χ2v) is 5.22. The van der Waals surface area contributed by atoms with Crippen LogP contribution in [0.15, 0.2) is 12.3 Å². The molecular weight excluding hydrogens is 245 g/mol. The molecule has 2 aromatic rings. The van der Waals surface area contributed by atoms with Gasteiger partial charge in [0, 0.05) is 25.7 Å². The smallest absolute Gasteiger partial charge is 0.155 e. The molecular formula is C14H18FN3O. The van der Waals surface area contributed by atoms with Crippen LogP contribution in [0.25, 0.3) is 11.0 Å². The van der Waals surface area contributed by atoms with Gasteiger partial charge in [-0.1, -0.05) is 0 Å². The fraction of sp³-hybridized carbons (Fsp3) is 0.500. The molecule has 102 valence electrons. The fourth-order valence-electron chi connectivity index (χ4n) is 2.66. The van der Waals surface area contributed by atoms with Gasteiger partial charge in [-0.25, -0.2) is 9.37 Å². The highest BCUT2D eigenvalue weighted by atomic mass is 19.1. The molecule has 0 atom stereocenters. The van der Waals surface area contributed by atoms with Gasteiger partial charge in [-0.3, -0.25) is 4.90 Å². The van der Waals surface area contributed by atoms with Gasteiger partial charge in [-0.2, -0.15) is 0 Å². The predicted molar refractivity (Wildman–Crippen MR) is 71.8 cm³/mol. The van der Waals surface area contributed by atoms with Crippen molar-refractivity contribution in [1.82, 2.24) is 14.5 Å². The summed E-state index contributed by atoms with van der Waals surface area (Å²) in [5.41, 5.74) is 1.45. The Morgan fingerprint density at radius 3 is 2.84 bits per heavy atom. The summed E-state index contributed by atoms with van der Waals surface area (Å²) in [4.78, 5) is 6.61. The van der Waals surface area contributed by atoms with Crippen molar-refractivity contribution in [2.24, 2.45) is 0 Å². The van der Waals surface area contributed by atoms with Gasteiger partial charge in [-0.15, -0.1) is 0 Å². The first kappa shape index (κ1) is 12.4. The van der Waals surface area contributed by atoms with Gasteiger partial charge in [0.05, 0.1) is 24.4 Å². The Hall–Kier alpha value is -1.62. The molecule has 0 amide bonds. The normalized spacial score (nSPS) is 16.1. The van der Waals surface area contributed by atoms with Crippen LogP contribution in [0.5, 0.6) is 5.75 Å². The van der Waals surface area contributed by atoms with E-state index in [-0.39, 0.29) is 5.82 Å². The van der Waals surface area contributed by atoms with Gasteiger partial charge < -0.3 is 9.30 Å². The van der Waals surface area contributed by atoms with Gasteiger partial charge in [0.1, 0.15) is 11.4 Å². The topological polar surface area (TPSA) is 30.3 Å². The van der Waals surface area contributed by atoms with E-state index < -0.39 is 0 Å². The molecule has 5 heteroatoms. The lowest BCUT2D eigenvalue weighted by atomic mass is 10.2. The first-order valence-corrected chi connectivity index (χ1v) is 6.56. The molecule has 2 aromatic heterocycles. The molecule has 4 nitrogen and oxygen atoms in total. The number of pyridine rings is 1. The summed E-state index contributed by atoms with van der Waals surface area (Å²) in [6, 6.07) is 2.15. The number of fused-ring (bicyclic) bond motifs is 3. The van der Waals surface area contributed by atoms with Crippen LogP contribution in [0.3, 0.4) is 0 Å². The fourth-order valence-corrected chi connectivity index (χ4v) is 2.66. The van der Waals surface area contributed by atoms with Crippen LogP contribution in [0, 0.1) is 5.82 Å². The molecule has 0 bridgehead atoms. The van der Waals surface area contributed by atoms with E-state index >= 15 is 0 Å². The first-order valence-electron chi connectivity index (χ1n) is 6.56. The van der Waals surface area contributed by atoms with E-state index in [1.807, 2.05) is 4.57 Å². The van der Waals surface area contributed by atoms with E-state index in [1.54, 1.807) is 19.4 Å². The third kappa shape index (κ3) is 1.89. The molecule has 0 N–H and O–H groups in total. The van der Waals surface area contributed by atoms with Crippen molar-refractivity contribution in [3.8, 4) is 5.75 Å². The molecule has 0 aromatic carbocycles. The highest BCUT2D eigenvalue weighted by molar-refractivity contribution is 5.80. The highest BCUT2D eigenvalue weighted by Crippen LogP contribution is 2.29. The zero-order valence-corrected chi connectivity index (χ0v) is 11.5. The lowest BCUT2D eigenvalue weighted by Gasteiger charge is -2.31. The maximum Gasteiger partial charge on any atom is 0.155 e. The second-order valence-electron chi connectivity index (χ2n) is 5.22. The number of hydrogen-bond donors (Lipinski definition) is 0. The van der Waals surface area contributed by atoms with E-state index in [0.29, 0.717) is 23.7 Å². The van der Waals surface area contributed by atoms with Crippen LogP contribution in [-0.2, 0) is 13.1 Å². The zero-order chi connectivity index (χ0) is 13.6. The molecule has 0 unspecified atom stereocenters. The Morgan fingerprint density at radius 2 is 2.16 bits per heavy atom. The minimum absolute atomic E-state index is 0.160. The lowest BCUT2D eigenvalue weighted by Crippen LogP contribution is -2.38. The number of ether oxygens (including phenoxy) is 1. The van der Waals surface area contributed by atoms with Crippen molar-refractivity contribution < 1.29 is 9.13 Å². The van der Waals surface area contributed by atoms with E-state index in [0.717, 1.165) is 24.4 Å². The molecule has 0 spiro atoms. The van der Waals surface area contributed by atoms with Crippen molar-refractivity contribution >= 4 is 11.0 Å². The number of rotatable bonds is 2. The molecule has 19 heavy (non-hydrogen) atoms. The average Bonchev–Trinajstić information content (AvgIpc) is 2.71. The molecule has 0 radical (unpaired) electrons. The Labute approximate surface area is 111 Å². The van der Waals surface area contributed by atoms with Crippen molar-refractivity contribution in [3.63, 3.8) is 0 Å². The molecule has 0 aliphatic carbocycles. The van der Waals surface area contributed by atoms with E-state index in [9.17, 15) is 4.39 Å². The Morgan fingerprint density at radius 1 is 1.37 bits per heavy atom. The summed E-state index contributed by atoms with van der Waals surface area (Å²) in [5.74, 6) is 0.432. The van der Waals surface area contributed by atoms with Crippen LogP contribution < -0.4 is 4.74 Å². The Balaban J connectivity index is 2.13. The van der Waals surface area contributed by atoms with Crippen LogP contribution in [0.1, 0.15) is 19.5 Å². The number of methoxy groups -OCH3 is 1. The average molecular weight is 263 g/mol. The maximum atomic E-state index is 14.5. The molecule has 3 rings (SSSR count). The number of halogens is 1. The molecule has 0 saturated carbocycles. The predicted octanol–water partition coefficient (Wildman–Crippen LogP) is 2.41. The summed E-state index contributed by atoms with van der Waals surface area (Å²) >= 11 is 0. The maximum absolute atomic E-state index is 14.5. The molecule has 0 fully saturated rings. The number of aromatic nitrogens is 2. The van der Waals surface area contributed by atoms with Crippen molar-refractivity contribution in [2.45, 2.75) is 33.0 Å². The summed E-state index contributed by atoms with van der Waals surface area (Å²) in [6.45, 7) is 6.63. The second kappa shape index (κ2) is 4.49. The van der Waals surface area contributed by atoms with Gasteiger partial charge in [0.25, 0.3) is 0 Å².